The third-order valence-corrected chi connectivity index (χ3v) is 7.93. The smallest absolute Gasteiger partial charge is 0.435 e. The molecule has 2 aliphatic heterocycles. The van der Waals surface area contributed by atoms with Gasteiger partial charge in [0.2, 0.25) is 5.91 Å². The first kappa shape index (κ1) is 28.8. The average Bonchev–Trinajstić information content (AvgIpc) is 3.68. The van der Waals surface area contributed by atoms with Crippen LogP contribution in [0.25, 0.3) is 0 Å². The van der Waals surface area contributed by atoms with Crippen molar-refractivity contribution in [2.45, 2.75) is 50.9 Å². The summed E-state index contributed by atoms with van der Waals surface area (Å²) in [6.45, 7) is 2.01. The van der Waals surface area contributed by atoms with E-state index in [1.807, 2.05) is 5.38 Å². The largest absolute Gasteiger partial charge is 0.497 e. The molecule has 15 heteroatoms. The number of ether oxygens (including phenoxy) is 2. The summed E-state index contributed by atoms with van der Waals surface area (Å²) < 4.78 is 78.2. The lowest BCUT2D eigenvalue weighted by atomic mass is 9.97. The minimum absolute atomic E-state index is 0.0407. The number of likely N-dealkylation sites (tertiary alicyclic amines) is 1. The van der Waals surface area contributed by atoms with E-state index in [1.54, 1.807) is 4.90 Å². The number of carbonyl (C=O) groups excluding carboxylic acids is 1. The number of hydrogen-bond donors (Lipinski definition) is 0. The number of aryl methyl sites for hydroxylation is 1. The molecule has 4 heterocycles. The molecule has 1 saturated heterocycles. The minimum atomic E-state index is -4.56. The number of alkyl halides is 3. The van der Waals surface area contributed by atoms with Crippen LogP contribution < -0.4 is 9.47 Å². The Morgan fingerprint density at radius 3 is 2.51 bits per heavy atom. The predicted octanol–water partition coefficient (Wildman–Crippen LogP) is 4.93. The van der Waals surface area contributed by atoms with Crippen LogP contribution in [0.2, 0.25) is 0 Å². The van der Waals surface area contributed by atoms with Crippen LogP contribution in [-0.2, 0) is 22.4 Å². The van der Waals surface area contributed by atoms with Crippen molar-refractivity contribution in [2.75, 3.05) is 26.8 Å². The zero-order valence-corrected chi connectivity index (χ0v) is 22.9. The third kappa shape index (κ3) is 6.44. The van der Waals surface area contributed by atoms with Gasteiger partial charge < -0.3 is 19.2 Å². The minimum Gasteiger partial charge on any atom is -0.497 e. The quantitative estimate of drug-likeness (QED) is 0.341. The normalized spacial score (nSPS) is 17.9. The van der Waals surface area contributed by atoms with Gasteiger partial charge in [0.15, 0.2) is 29.2 Å². The van der Waals surface area contributed by atoms with E-state index < -0.39 is 35.4 Å². The second-order valence-corrected chi connectivity index (χ2v) is 10.6. The summed E-state index contributed by atoms with van der Waals surface area (Å²) >= 11 is 1.47. The summed E-state index contributed by atoms with van der Waals surface area (Å²) in [5.41, 5.74) is 0.487. The van der Waals surface area contributed by atoms with Gasteiger partial charge in [-0.05, 0) is 25.8 Å². The van der Waals surface area contributed by atoms with Crippen LogP contribution in [0, 0.1) is 18.6 Å². The summed E-state index contributed by atoms with van der Waals surface area (Å²) in [5, 5.41) is 10.3. The Bertz CT molecular complexity index is 1430. The van der Waals surface area contributed by atoms with E-state index in [0.29, 0.717) is 43.8 Å². The Hall–Kier alpha value is -3.75. The maximum absolute atomic E-state index is 14.1. The number of hydrogen-bond acceptors (Lipinski definition) is 8. The first-order valence-electron chi connectivity index (χ1n) is 12.8. The van der Waals surface area contributed by atoms with E-state index in [9.17, 15) is 26.7 Å². The van der Waals surface area contributed by atoms with E-state index in [0.717, 1.165) is 27.9 Å². The Morgan fingerprint density at radius 1 is 1.17 bits per heavy atom. The van der Waals surface area contributed by atoms with Gasteiger partial charge in [0, 0.05) is 48.6 Å². The molecule has 2 aromatic heterocycles. The fraction of sp³-hybridized carbons (Fsp3) is 0.462. The van der Waals surface area contributed by atoms with Gasteiger partial charge in [-0.15, -0.1) is 11.3 Å². The molecule has 0 aliphatic carbocycles. The van der Waals surface area contributed by atoms with Gasteiger partial charge in [0.05, 0.1) is 17.8 Å². The van der Waals surface area contributed by atoms with Crippen LogP contribution in [0.3, 0.4) is 0 Å². The molecule has 220 valence electrons. The molecule has 0 bridgehead atoms. The predicted molar refractivity (Wildman–Crippen MR) is 137 cm³/mol. The number of aromatic nitrogens is 3. The summed E-state index contributed by atoms with van der Waals surface area (Å²) in [5.74, 6) is -2.42. The number of thiazole rings is 1. The summed E-state index contributed by atoms with van der Waals surface area (Å²) in [6.07, 6.45) is -3.45. The third-order valence-electron chi connectivity index (χ3n) is 6.93. The molecule has 0 saturated carbocycles. The van der Waals surface area contributed by atoms with Crippen LogP contribution in [0.5, 0.6) is 11.5 Å². The van der Waals surface area contributed by atoms with Gasteiger partial charge >= 0.3 is 6.18 Å². The van der Waals surface area contributed by atoms with Crippen molar-refractivity contribution in [3.63, 3.8) is 0 Å². The van der Waals surface area contributed by atoms with Crippen molar-refractivity contribution in [1.29, 1.82) is 0 Å². The highest BCUT2D eigenvalue weighted by atomic mass is 32.1. The number of amides is 1. The number of benzene rings is 1. The van der Waals surface area contributed by atoms with Crippen molar-refractivity contribution in [3.05, 3.63) is 57.3 Å². The summed E-state index contributed by atoms with van der Waals surface area (Å²) in [4.78, 5) is 24.4. The van der Waals surface area contributed by atoms with E-state index >= 15 is 0 Å². The van der Waals surface area contributed by atoms with Crippen molar-refractivity contribution in [2.24, 2.45) is 5.16 Å². The molecule has 0 N–H and O–H groups in total. The van der Waals surface area contributed by atoms with E-state index in [-0.39, 0.29) is 36.4 Å². The van der Waals surface area contributed by atoms with Crippen molar-refractivity contribution < 1.29 is 41.1 Å². The number of piperidine rings is 1. The van der Waals surface area contributed by atoms with Gasteiger partial charge in [-0.25, -0.2) is 13.8 Å². The lowest BCUT2D eigenvalue weighted by Gasteiger charge is -2.31. The lowest BCUT2D eigenvalue weighted by molar-refractivity contribution is -0.142. The molecule has 41 heavy (non-hydrogen) atoms. The van der Waals surface area contributed by atoms with Gasteiger partial charge in [-0.2, -0.15) is 18.3 Å². The van der Waals surface area contributed by atoms with Crippen molar-refractivity contribution in [3.8, 4) is 11.5 Å². The number of nitrogens with zero attached hydrogens (tertiary/aromatic N) is 5. The Morgan fingerprint density at radius 2 is 1.88 bits per heavy atom. The molecule has 0 spiro atoms. The standard InChI is InChI=1S/C26H26F5N5O4S/c1-14-7-22(26(29,30)31)33-36(14)11-23(37)35-5-3-15(4-6-35)25-32-21(13-41-25)20-10-17(40-34-20)12-39-24-18(27)8-16(38-2)9-19(24)28/h7-9,13,15,17H,3-6,10-12H2,1-2H3. The van der Waals surface area contributed by atoms with Gasteiger partial charge in [-0.3, -0.25) is 9.48 Å². The number of oxime groups is 1. The maximum Gasteiger partial charge on any atom is 0.435 e. The summed E-state index contributed by atoms with van der Waals surface area (Å²) in [7, 11) is 1.31. The van der Waals surface area contributed by atoms with Crippen LogP contribution in [0.1, 0.15) is 47.3 Å². The molecule has 1 amide bonds. The fourth-order valence-electron chi connectivity index (χ4n) is 4.66. The van der Waals surface area contributed by atoms with Crippen LogP contribution in [0.4, 0.5) is 22.0 Å². The topological polar surface area (TPSA) is 91.1 Å². The average molecular weight is 600 g/mol. The lowest BCUT2D eigenvalue weighted by Crippen LogP contribution is -2.40. The highest BCUT2D eigenvalue weighted by Crippen LogP contribution is 2.33. The molecule has 3 aromatic rings. The fourth-order valence-corrected chi connectivity index (χ4v) is 5.66. The molecule has 0 radical (unpaired) electrons. The first-order valence-corrected chi connectivity index (χ1v) is 13.6. The van der Waals surface area contributed by atoms with Crippen LogP contribution in [-0.4, -0.2) is 64.2 Å². The molecule has 1 atom stereocenters. The highest BCUT2D eigenvalue weighted by molar-refractivity contribution is 7.10. The molecule has 1 fully saturated rings. The van der Waals surface area contributed by atoms with Crippen molar-refractivity contribution >= 4 is 23.0 Å². The number of carbonyl (C=O) groups is 1. The van der Waals surface area contributed by atoms with E-state index in [4.69, 9.17) is 19.3 Å². The second kappa shape index (κ2) is 11.6. The van der Waals surface area contributed by atoms with Gasteiger partial charge in [0.1, 0.15) is 24.6 Å². The molecule has 5 rings (SSSR count). The second-order valence-electron chi connectivity index (χ2n) is 9.75. The molecular weight excluding hydrogens is 573 g/mol. The zero-order chi connectivity index (χ0) is 29.3. The molecule has 1 unspecified atom stereocenters. The van der Waals surface area contributed by atoms with E-state index in [2.05, 4.69) is 10.3 Å². The highest BCUT2D eigenvalue weighted by Gasteiger charge is 2.35. The maximum atomic E-state index is 14.1. The van der Waals surface area contributed by atoms with Gasteiger partial charge in [0.25, 0.3) is 0 Å². The van der Waals surface area contributed by atoms with Gasteiger partial charge in [-0.1, -0.05) is 5.16 Å². The monoisotopic (exact) mass is 599 g/mol. The Balaban J connectivity index is 1.11. The number of methoxy groups -OCH3 is 1. The van der Waals surface area contributed by atoms with Crippen LogP contribution >= 0.6 is 11.3 Å². The molecule has 1 aromatic carbocycles. The molecule has 2 aliphatic rings. The Labute approximate surface area is 235 Å². The van der Waals surface area contributed by atoms with Crippen LogP contribution in [0.15, 0.2) is 28.7 Å². The SMILES string of the molecule is COc1cc(F)c(OCC2CC(c3csc(C4CCN(C(=O)Cn5nc(C(F)(F)F)cc5C)CC4)n3)=NO2)c(F)c1. The molecular formula is C26H26F5N5O4S. The Kier molecular flexibility index (Phi) is 8.16. The van der Waals surface area contributed by atoms with E-state index in [1.165, 1.54) is 25.4 Å². The van der Waals surface area contributed by atoms with Crippen molar-refractivity contribution in [1.82, 2.24) is 19.7 Å². The summed E-state index contributed by atoms with van der Waals surface area (Å²) in [6, 6.07) is 2.98. The zero-order valence-electron chi connectivity index (χ0n) is 22.1. The first-order chi connectivity index (χ1) is 19.5. The number of rotatable bonds is 8. The number of halogens is 5. The molecule has 9 nitrogen and oxygen atoms in total.